The molecule has 18 heteroatoms. The number of benzene rings is 6. The van der Waals surface area contributed by atoms with Crippen LogP contribution in [0.4, 0.5) is 20.2 Å². The van der Waals surface area contributed by atoms with E-state index >= 15 is 0 Å². The zero-order valence-electron chi connectivity index (χ0n) is 47.5. The standard InChI is InChI=1S/C33H35FN2O5.C33H33FN2O5.2Ca/c2*1-21(2)31-30(33(41)35-25-11-7-4-8-12-25)29(22-9-5-3-6-10-22)32(23-13-15-24(34)16-14-23)36(31)18-17-26(37)19-27(38)20-28(39)40;;/h3-16,21,26-27,37-38H,17-20H2,1-2H3,(H,35,41)(H,39,40);3-16,21,26-27H,17-20H2,1-2H3,(H,35,41)(H,39,40);;/q;-2;2*+2/p-2/t2*26-,27-;;/m11../s1. The van der Waals surface area contributed by atoms with Crippen molar-refractivity contribution in [3.05, 3.63) is 204 Å². The summed E-state index contributed by atoms with van der Waals surface area (Å²) in [4.78, 5) is 49.7. The van der Waals surface area contributed by atoms with Crippen molar-refractivity contribution in [2.45, 2.75) is 116 Å². The van der Waals surface area contributed by atoms with Crippen LogP contribution in [-0.2, 0) is 22.7 Å². The summed E-state index contributed by atoms with van der Waals surface area (Å²) < 4.78 is 31.9. The van der Waals surface area contributed by atoms with Crippen molar-refractivity contribution in [3.63, 3.8) is 0 Å². The van der Waals surface area contributed by atoms with Gasteiger partial charge in [-0.05, 0) is 133 Å². The first kappa shape index (κ1) is 68.8. The third kappa shape index (κ3) is 18.5. The van der Waals surface area contributed by atoms with Crippen LogP contribution in [0.1, 0.15) is 110 Å². The number of carbonyl (C=O) groups excluding carboxylic acids is 4. The Labute approximate surface area is 548 Å². The first-order valence-corrected chi connectivity index (χ1v) is 27.3. The molecule has 14 nitrogen and oxygen atoms in total. The number of rotatable bonds is 24. The zero-order chi connectivity index (χ0) is 59.0. The van der Waals surface area contributed by atoms with E-state index in [-0.39, 0.29) is 138 Å². The molecule has 428 valence electrons. The number of nitrogens with one attached hydrogen (secondary N) is 2. The molecule has 0 unspecified atom stereocenters. The zero-order valence-corrected chi connectivity index (χ0v) is 51.9. The molecule has 0 bridgehead atoms. The number of anilines is 2. The molecule has 2 heterocycles. The Morgan fingerprint density at radius 3 is 1.18 bits per heavy atom. The quantitative estimate of drug-likeness (QED) is 0.0427. The van der Waals surface area contributed by atoms with Gasteiger partial charge >= 0.3 is 75.5 Å². The predicted octanol–water partition coefficient (Wildman–Crippen LogP) is 7.93. The molecule has 6 aromatic carbocycles. The number of aromatic nitrogens is 2. The van der Waals surface area contributed by atoms with Crippen molar-refractivity contribution in [2.24, 2.45) is 0 Å². The van der Waals surface area contributed by atoms with Crippen LogP contribution in [0.3, 0.4) is 0 Å². The fourth-order valence-electron chi connectivity index (χ4n) is 10.4. The third-order valence-corrected chi connectivity index (χ3v) is 13.8. The van der Waals surface area contributed by atoms with Gasteiger partial charge in [0.15, 0.2) is 0 Å². The molecule has 2 aromatic heterocycles. The Morgan fingerprint density at radius 1 is 0.464 bits per heavy atom. The monoisotopic (exact) mass is 1190 g/mol. The molecule has 2 amide bonds. The van der Waals surface area contributed by atoms with Gasteiger partial charge in [-0.3, -0.25) is 9.59 Å². The summed E-state index contributed by atoms with van der Waals surface area (Å²) in [6.45, 7) is 8.30. The van der Waals surface area contributed by atoms with Gasteiger partial charge < -0.3 is 60.0 Å². The number of carboxylic acids is 2. The van der Waals surface area contributed by atoms with E-state index in [1.807, 2.05) is 134 Å². The van der Waals surface area contributed by atoms with Crippen LogP contribution in [-0.4, -0.2) is 143 Å². The van der Waals surface area contributed by atoms with Gasteiger partial charge in [0.1, 0.15) is 11.6 Å². The number of aliphatic hydroxyl groups is 2. The van der Waals surface area contributed by atoms with E-state index in [1.54, 1.807) is 48.5 Å². The summed E-state index contributed by atoms with van der Waals surface area (Å²) in [5.41, 5.74) is 9.21. The fourth-order valence-corrected chi connectivity index (χ4v) is 10.4. The summed E-state index contributed by atoms with van der Waals surface area (Å²) >= 11 is 0. The maximum Gasteiger partial charge on any atom is 2.00 e. The molecule has 4 N–H and O–H groups in total. The number of carboxylic acid groups (broad SMARTS) is 2. The Hall–Kier alpha value is -6.02. The average molecular weight is 1190 g/mol. The second-order valence-electron chi connectivity index (χ2n) is 20.7. The first-order chi connectivity index (χ1) is 39.3. The summed E-state index contributed by atoms with van der Waals surface area (Å²) in [6, 6.07) is 49.2. The first-order valence-electron chi connectivity index (χ1n) is 27.3. The molecule has 0 spiro atoms. The minimum Gasteiger partial charge on any atom is -0.852 e. The van der Waals surface area contributed by atoms with Crippen LogP contribution in [0, 0.1) is 11.6 Å². The minimum absolute atomic E-state index is 0. The van der Waals surface area contributed by atoms with Crippen LogP contribution >= 0.6 is 0 Å². The van der Waals surface area contributed by atoms with Crippen molar-refractivity contribution in [2.75, 3.05) is 10.6 Å². The molecule has 0 saturated carbocycles. The molecule has 84 heavy (non-hydrogen) atoms. The molecular weight excluding hydrogens is 1130 g/mol. The van der Waals surface area contributed by atoms with Gasteiger partial charge in [-0.2, -0.15) is 0 Å². The summed E-state index contributed by atoms with van der Waals surface area (Å²) in [6.07, 6.45) is -6.69. The molecule has 0 radical (unpaired) electrons. The van der Waals surface area contributed by atoms with Crippen LogP contribution in [0.15, 0.2) is 170 Å². The predicted molar refractivity (Wildman–Crippen MR) is 316 cm³/mol. The summed E-state index contributed by atoms with van der Waals surface area (Å²) in [5.74, 6) is -4.58. The van der Waals surface area contributed by atoms with Crippen molar-refractivity contribution >= 4 is 111 Å². The Kier molecular flexibility index (Phi) is 27.0. The van der Waals surface area contributed by atoms with Crippen molar-refractivity contribution in [3.8, 4) is 44.8 Å². The Morgan fingerprint density at radius 2 is 0.821 bits per heavy atom. The molecule has 0 fully saturated rings. The van der Waals surface area contributed by atoms with Crippen LogP contribution < -0.4 is 31.1 Å². The molecule has 0 saturated heterocycles. The molecule has 0 aliphatic carbocycles. The van der Waals surface area contributed by atoms with Gasteiger partial charge in [0.25, 0.3) is 11.8 Å². The van der Waals surface area contributed by atoms with Crippen molar-refractivity contribution in [1.29, 1.82) is 0 Å². The van der Waals surface area contributed by atoms with Gasteiger partial charge in [0.2, 0.25) is 0 Å². The number of aliphatic carboxylic acids is 2. The second kappa shape index (κ2) is 33.0. The summed E-state index contributed by atoms with van der Waals surface area (Å²) in [5, 5.41) is 73.3. The number of halogens is 2. The maximum atomic E-state index is 14.0. The summed E-state index contributed by atoms with van der Waals surface area (Å²) in [7, 11) is 0. The maximum absolute atomic E-state index is 14.0. The van der Waals surface area contributed by atoms with E-state index in [9.17, 15) is 58.6 Å². The number of hydrogen-bond donors (Lipinski definition) is 4. The fraction of sp³-hybridized carbons (Fsp3) is 0.273. The molecule has 0 aliphatic rings. The molecule has 4 atom stereocenters. The van der Waals surface area contributed by atoms with E-state index in [2.05, 4.69) is 10.6 Å². The largest absolute Gasteiger partial charge is 2.00 e. The van der Waals surface area contributed by atoms with Gasteiger partial charge in [0, 0.05) is 65.3 Å². The minimum atomic E-state index is -1.56. The van der Waals surface area contributed by atoms with Crippen molar-refractivity contribution in [1.82, 2.24) is 9.13 Å². The molecular formula is C66H66Ca2F2N4O10. The van der Waals surface area contributed by atoms with Gasteiger partial charge in [-0.15, -0.1) is 12.2 Å². The van der Waals surface area contributed by atoms with E-state index in [0.29, 0.717) is 61.8 Å². The van der Waals surface area contributed by atoms with E-state index in [1.165, 1.54) is 24.3 Å². The van der Waals surface area contributed by atoms with E-state index in [0.717, 1.165) is 16.8 Å². The molecule has 8 aromatic rings. The number of nitrogens with zero attached hydrogens (tertiary/aromatic N) is 2. The van der Waals surface area contributed by atoms with Gasteiger partial charge in [-0.1, -0.05) is 131 Å². The molecule has 8 rings (SSSR count). The van der Waals surface area contributed by atoms with Crippen LogP contribution in [0.2, 0.25) is 0 Å². The molecule has 0 aliphatic heterocycles. The number of aliphatic hydroxyl groups excluding tert-OH is 2. The van der Waals surface area contributed by atoms with Crippen molar-refractivity contribution < 1.29 is 58.6 Å². The number of para-hydroxylation sites is 2. The topological polar surface area (TPSA) is 235 Å². The van der Waals surface area contributed by atoms with Crippen LogP contribution in [0.25, 0.3) is 44.8 Å². The number of carbonyl (C=O) groups is 4. The number of hydrogen-bond acceptors (Lipinski definition) is 10. The third-order valence-electron chi connectivity index (χ3n) is 13.8. The normalized spacial score (nSPS) is 12.4. The number of amides is 2. The average Bonchev–Trinajstić information content (AvgIpc) is 2.49. The van der Waals surface area contributed by atoms with E-state index in [4.69, 9.17) is 0 Å². The van der Waals surface area contributed by atoms with E-state index < -0.39 is 60.8 Å². The van der Waals surface area contributed by atoms with Crippen LogP contribution in [0.5, 0.6) is 0 Å². The Balaban J connectivity index is 0.000000300. The Bertz CT molecular complexity index is 3170. The van der Waals surface area contributed by atoms with Gasteiger partial charge in [-0.25, -0.2) is 8.78 Å². The second-order valence-corrected chi connectivity index (χ2v) is 20.7. The SMILES string of the molecule is CC(C)c1c(C(=O)Nc2ccccc2)c(-c2ccccc2)c(-c2ccc(F)cc2)n1CC[C@@H](O)C[C@@H](O)CC(=O)[O-].CC(C)c1c(C(=O)Nc2ccccc2)c(-c2ccccc2)c(-c2ccc(F)cc2)n1CC[C@@H]([O-])C[C@@H]([O-])CC(=O)[O-].[Ca+2].[Ca+2]. The van der Waals surface area contributed by atoms with Gasteiger partial charge in [0.05, 0.1) is 34.7 Å². The smallest absolute Gasteiger partial charge is 0.852 e.